The third kappa shape index (κ3) is 5.46. The molecule has 0 aliphatic heterocycles. The molecule has 0 saturated carbocycles. The first kappa shape index (κ1) is 19.3. The van der Waals surface area contributed by atoms with Crippen molar-refractivity contribution in [1.29, 1.82) is 0 Å². The van der Waals surface area contributed by atoms with Crippen molar-refractivity contribution >= 4 is 62.3 Å². The van der Waals surface area contributed by atoms with E-state index in [4.69, 9.17) is 10.5 Å². The molecule has 0 radical (unpaired) electrons. The van der Waals surface area contributed by atoms with Crippen molar-refractivity contribution in [1.82, 2.24) is 4.98 Å². The highest BCUT2D eigenvalue weighted by Gasteiger charge is 2.01. The Kier molecular flexibility index (Phi) is 7.26. The summed E-state index contributed by atoms with van der Waals surface area (Å²) in [4.78, 5) is 8.81. The minimum absolute atomic E-state index is 0. The summed E-state index contributed by atoms with van der Waals surface area (Å²) in [5, 5.41) is 7.21. The fourth-order valence-electron chi connectivity index (χ4n) is 2.15. The van der Waals surface area contributed by atoms with Gasteiger partial charge in [0.25, 0.3) is 0 Å². The van der Waals surface area contributed by atoms with E-state index in [2.05, 4.69) is 26.7 Å². The largest absolute Gasteiger partial charge is 0.497 e. The molecule has 0 aliphatic rings. The molecule has 0 amide bonds. The van der Waals surface area contributed by atoms with Crippen LogP contribution in [0.15, 0.2) is 53.5 Å². The van der Waals surface area contributed by atoms with Gasteiger partial charge in [0.05, 0.1) is 23.9 Å². The molecule has 0 atom stereocenters. The zero-order valence-corrected chi connectivity index (χ0v) is 16.9. The van der Waals surface area contributed by atoms with E-state index >= 15 is 0 Å². The molecule has 1 heterocycles. The third-order valence-corrected chi connectivity index (χ3v) is 4.32. The van der Waals surface area contributed by atoms with Crippen LogP contribution in [0.2, 0.25) is 0 Å². The number of thiazole rings is 1. The lowest BCUT2D eigenvalue weighted by Crippen LogP contribution is -2.23. The molecule has 0 unspecified atom stereocenters. The molecular weight excluding hydrogens is 449 g/mol. The smallest absolute Gasteiger partial charge is 0.193 e. The quantitative estimate of drug-likeness (QED) is 0.222. The van der Waals surface area contributed by atoms with Crippen LogP contribution in [-0.4, -0.2) is 31.1 Å². The minimum atomic E-state index is 0. The number of hydrogen-bond donors (Lipinski definition) is 3. The first-order valence-corrected chi connectivity index (χ1v) is 8.37. The molecule has 0 aliphatic carbocycles. The first-order valence-electron chi connectivity index (χ1n) is 7.55. The number of ether oxygens (including phenoxy) is 1. The number of anilines is 2. The van der Waals surface area contributed by atoms with Gasteiger partial charge in [0.1, 0.15) is 5.75 Å². The molecule has 0 fully saturated rings. The summed E-state index contributed by atoms with van der Waals surface area (Å²) < 4.78 is 6.29. The van der Waals surface area contributed by atoms with Gasteiger partial charge in [0.15, 0.2) is 11.1 Å². The number of benzene rings is 2. The number of halogens is 1. The monoisotopic (exact) mass is 469 g/mol. The van der Waals surface area contributed by atoms with Crippen LogP contribution in [0.3, 0.4) is 0 Å². The molecule has 6 nitrogen and oxygen atoms in total. The Morgan fingerprint density at radius 1 is 1.20 bits per heavy atom. The average Bonchev–Trinajstić information content (AvgIpc) is 3.02. The Morgan fingerprint density at radius 3 is 2.68 bits per heavy atom. The summed E-state index contributed by atoms with van der Waals surface area (Å²) >= 11 is 1.63. The number of fused-ring (bicyclic) bond motifs is 1. The number of methoxy groups -OCH3 is 1. The van der Waals surface area contributed by atoms with Gasteiger partial charge in [-0.15, -0.1) is 24.0 Å². The number of guanidine groups is 1. The van der Waals surface area contributed by atoms with E-state index in [1.54, 1.807) is 18.4 Å². The molecule has 1 aromatic heterocycles. The van der Waals surface area contributed by atoms with Crippen molar-refractivity contribution in [3.8, 4) is 5.75 Å². The highest BCUT2D eigenvalue weighted by molar-refractivity contribution is 14.0. The molecule has 3 aromatic rings. The second kappa shape index (κ2) is 9.42. The second-order valence-corrected chi connectivity index (χ2v) is 6.06. The van der Waals surface area contributed by atoms with Crippen LogP contribution < -0.4 is 21.1 Å². The molecule has 2 aromatic carbocycles. The number of rotatable bonds is 6. The Hall–Kier alpha value is -2.07. The van der Waals surface area contributed by atoms with E-state index in [-0.39, 0.29) is 24.0 Å². The van der Waals surface area contributed by atoms with Crippen molar-refractivity contribution in [3.05, 3.63) is 48.5 Å². The third-order valence-electron chi connectivity index (χ3n) is 3.33. The highest BCUT2D eigenvalue weighted by atomic mass is 127. The second-order valence-electron chi connectivity index (χ2n) is 5.03. The van der Waals surface area contributed by atoms with Crippen LogP contribution in [-0.2, 0) is 0 Å². The van der Waals surface area contributed by atoms with Crippen LogP contribution >= 0.6 is 35.3 Å². The maximum Gasteiger partial charge on any atom is 0.193 e. The Morgan fingerprint density at radius 2 is 1.96 bits per heavy atom. The SMILES string of the molecule is COc1ccc(NC(N)=NCCNc2nc3ccccc3s2)cc1.I. The molecule has 25 heavy (non-hydrogen) atoms. The zero-order valence-electron chi connectivity index (χ0n) is 13.7. The van der Waals surface area contributed by atoms with Gasteiger partial charge in [0.2, 0.25) is 0 Å². The van der Waals surface area contributed by atoms with Gasteiger partial charge < -0.3 is 21.1 Å². The molecular formula is C17H20IN5OS. The van der Waals surface area contributed by atoms with E-state index in [1.165, 1.54) is 4.70 Å². The van der Waals surface area contributed by atoms with Crippen molar-refractivity contribution < 1.29 is 4.74 Å². The summed E-state index contributed by atoms with van der Waals surface area (Å²) in [6.07, 6.45) is 0. The minimum Gasteiger partial charge on any atom is -0.497 e. The van der Waals surface area contributed by atoms with Crippen molar-refractivity contribution in [2.75, 3.05) is 30.8 Å². The van der Waals surface area contributed by atoms with E-state index in [0.29, 0.717) is 19.0 Å². The van der Waals surface area contributed by atoms with Gasteiger partial charge in [0, 0.05) is 12.2 Å². The lowest BCUT2D eigenvalue weighted by atomic mass is 10.3. The van der Waals surface area contributed by atoms with Gasteiger partial charge in [-0.1, -0.05) is 23.5 Å². The predicted octanol–water partition coefficient (Wildman–Crippen LogP) is 3.76. The number of hydrogen-bond acceptors (Lipinski definition) is 5. The van der Waals surface area contributed by atoms with Crippen LogP contribution in [0, 0.1) is 0 Å². The highest BCUT2D eigenvalue weighted by Crippen LogP contribution is 2.24. The lowest BCUT2D eigenvalue weighted by Gasteiger charge is -2.06. The number of aliphatic imine (C=N–C) groups is 1. The summed E-state index contributed by atoms with van der Waals surface area (Å²) in [5.74, 6) is 1.18. The molecule has 0 spiro atoms. The molecule has 0 saturated heterocycles. The fraction of sp³-hybridized carbons (Fsp3) is 0.176. The predicted molar refractivity (Wildman–Crippen MR) is 117 cm³/mol. The van der Waals surface area contributed by atoms with Crippen LogP contribution in [0.5, 0.6) is 5.75 Å². The van der Waals surface area contributed by atoms with Crippen LogP contribution in [0.1, 0.15) is 0 Å². The molecule has 8 heteroatoms. The van der Waals surface area contributed by atoms with E-state index in [1.807, 2.05) is 42.5 Å². The van der Waals surface area contributed by atoms with E-state index in [0.717, 1.165) is 22.1 Å². The van der Waals surface area contributed by atoms with E-state index in [9.17, 15) is 0 Å². The Balaban J connectivity index is 0.00000225. The average molecular weight is 469 g/mol. The summed E-state index contributed by atoms with van der Waals surface area (Å²) in [6.45, 7) is 1.23. The van der Waals surface area contributed by atoms with Crippen LogP contribution in [0.25, 0.3) is 10.2 Å². The maximum absolute atomic E-state index is 5.88. The molecule has 4 N–H and O–H groups in total. The molecule has 132 valence electrons. The van der Waals surface area contributed by atoms with Crippen molar-refractivity contribution in [3.63, 3.8) is 0 Å². The number of nitrogens with two attached hydrogens (primary N) is 1. The number of nitrogens with one attached hydrogen (secondary N) is 2. The van der Waals surface area contributed by atoms with Gasteiger partial charge >= 0.3 is 0 Å². The maximum atomic E-state index is 5.88. The van der Waals surface area contributed by atoms with E-state index < -0.39 is 0 Å². The van der Waals surface area contributed by atoms with Crippen molar-refractivity contribution in [2.24, 2.45) is 10.7 Å². The summed E-state index contributed by atoms with van der Waals surface area (Å²) in [5.41, 5.74) is 7.76. The Bertz CT molecular complexity index is 801. The summed E-state index contributed by atoms with van der Waals surface area (Å²) in [7, 11) is 1.64. The Labute approximate surface area is 167 Å². The number of para-hydroxylation sites is 1. The van der Waals surface area contributed by atoms with Gasteiger partial charge in [-0.3, -0.25) is 4.99 Å². The summed E-state index contributed by atoms with van der Waals surface area (Å²) in [6, 6.07) is 15.6. The fourth-order valence-corrected chi connectivity index (χ4v) is 3.04. The first-order chi connectivity index (χ1) is 11.7. The van der Waals surface area contributed by atoms with Crippen molar-refractivity contribution in [2.45, 2.75) is 0 Å². The lowest BCUT2D eigenvalue weighted by molar-refractivity contribution is 0.415. The normalized spacial score (nSPS) is 11.0. The number of nitrogens with zero attached hydrogens (tertiary/aromatic N) is 2. The molecule has 3 rings (SSSR count). The van der Waals surface area contributed by atoms with Gasteiger partial charge in [-0.25, -0.2) is 4.98 Å². The van der Waals surface area contributed by atoms with Gasteiger partial charge in [-0.2, -0.15) is 0 Å². The standard InChI is InChI=1S/C17H19N5OS.HI/c1-23-13-8-6-12(7-9-13)21-16(18)19-10-11-20-17-22-14-4-2-3-5-15(14)24-17;/h2-9H,10-11H2,1H3,(H,20,22)(H3,18,19,21);1H. The van der Waals surface area contributed by atoms with Crippen LogP contribution in [0.4, 0.5) is 10.8 Å². The zero-order chi connectivity index (χ0) is 16.8. The number of aromatic nitrogens is 1. The topological polar surface area (TPSA) is 84.6 Å². The molecule has 0 bridgehead atoms. The van der Waals surface area contributed by atoms with Gasteiger partial charge in [-0.05, 0) is 36.4 Å².